The highest BCUT2D eigenvalue weighted by Gasteiger charge is 2.37. The lowest BCUT2D eigenvalue weighted by Gasteiger charge is -2.31. The maximum absolute atomic E-state index is 11.0. The van der Waals surface area contributed by atoms with Crippen molar-refractivity contribution in [2.75, 3.05) is 14.1 Å². The number of carbonyl (C=O) groups is 1. The topological polar surface area (TPSA) is 32.3 Å². The zero-order chi connectivity index (χ0) is 7.78. The third kappa shape index (κ3) is 0.904. The van der Waals surface area contributed by atoms with E-state index in [2.05, 4.69) is 5.32 Å². The van der Waals surface area contributed by atoms with Gasteiger partial charge in [0.1, 0.15) is 0 Å². The fourth-order valence-corrected chi connectivity index (χ4v) is 1.25. The molecule has 0 aromatic carbocycles. The molecule has 1 amide bonds. The average molecular weight is 142 g/mol. The highest BCUT2D eigenvalue weighted by Crippen LogP contribution is 2.24. The van der Waals surface area contributed by atoms with Crippen LogP contribution < -0.4 is 5.32 Å². The molecule has 1 rings (SSSR count). The van der Waals surface area contributed by atoms with Gasteiger partial charge in [0.15, 0.2) is 0 Å². The summed E-state index contributed by atoms with van der Waals surface area (Å²) in [6, 6.07) is 0. The lowest BCUT2D eigenvalue weighted by Crippen LogP contribution is -2.50. The van der Waals surface area contributed by atoms with E-state index in [-0.39, 0.29) is 11.6 Å². The number of nitrogens with one attached hydrogen (secondary N) is 1. The van der Waals surface area contributed by atoms with Crippen LogP contribution in [-0.2, 0) is 4.79 Å². The van der Waals surface area contributed by atoms with Gasteiger partial charge in [-0.15, -0.1) is 0 Å². The van der Waals surface area contributed by atoms with Gasteiger partial charge in [0.2, 0.25) is 5.91 Å². The third-order valence-corrected chi connectivity index (χ3v) is 2.48. The predicted octanol–water partition coefficient (Wildman–Crippen LogP) is 0.174. The van der Waals surface area contributed by atoms with Crippen LogP contribution in [0.15, 0.2) is 0 Å². The second-order valence-corrected chi connectivity index (χ2v) is 2.98. The molecule has 10 heavy (non-hydrogen) atoms. The Hall–Kier alpha value is -0.570. The van der Waals surface area contributed by atoms with E-state index < -0.39 is 0 Å². The monoisotopic (exact) mass is 142 g/mol. The summed E-state index contributed by atoms with van der Waals surface area (Å²) in [5.41, 5.74) is -0.100. The van der Waals surface area contributed by atoms with Crippen molar-refractivity contribution in [1.82, 2.24) is 10.2 Å². The van der Waals surface area contributed by atoms with Crippen LogP contribution in [0, 0.1) is 0 Å². The lowest BCUT2D eigenvalue weighted by molar-refractivity contribution is -0.129. The predicted molar refractivity (Wildman–Crippen MR) is 39.5 cm³/mol. The molecular formula is C7H14N2O. The van der Waals surface area contributed by atoms with Gasteiger partial charge in [0.25, 0.3) is 0 Å². The molecule has 0 radical (unpaired) electrons. The van der Waals surface area contributed by atoms with Crippen LogP contribution in [0.5, 0.6) is 0 Å². The van der Waals surface area contributed by atoms with Gasteiger partial charge in [0, 0.05) is 13.5 Å². The highest BCUT2D eigenvalue weighted by atomic mass is 16.2. The SMILES string of the molecule is CNC1(C)CCC(=O)N1C. The highest BCUT2D eigenvalue weighted by molar-refractivity contribution is 5.79. The standard InChI is InChI=1S/C7H14N2O/c1-7(8-2)5-4-6(10)9(7)3/h8H,4-5H2,1-3H3. The maximum atomic E-state index is 11.0. The van der Waals surface area contributed by atoms with E-state index in [1.165, 1.54) is 0 Å². The zero-order valence-electron chi connectivity index (χ0n) is 6.77. The molecule has 0 spiro atoms. The van der Waals surface area contributed by atoms with Crippen molar-refractivity contribution in [3.8, 4) is 0 Å². The first-order valence-corrected chi connectivity index (χ1v) is 3.56. The van der Waals surface area contributed by atoms with E-state index in [1.54, 1.807) is 4.90 Å². The molecule has 1 unspecified atom stereocenters. The number of hydrogen-bond acceptors (Lipinski definition) is 2. The number of hydrogen-bond donors (Lipinski definition) is 1. The summed E-state index contributed by atoms with van der Waals surface area (Å²) >= 11 is 0. The Bertz CT molecular complexity index is 158. The fraction of sp³-hybridized carbons (Fsp3) is 0.857. The fourth-order valence-electron chi connectivity index (χ4n) is 1.25. The first-order valence-electron chi connectivity index (χ1n) is 3.56. The third-order valence-electron chi connectivity index (χ3n) is 2.48. The Morgan fingerprint density at radius 3 is 2.50 bits per heavy atom. The van der Waals surface area contributed by atoms with Crippen LogP contribution in [0.4, 0.5) is 0 Å². The second kappa shape index (κ2) is 2.23. The molecule has 58 valence electrons. The smallest absolute Gasteiger partial charge is 0.223 e. The van der Waals surface area contributed by atoms with Crippen molar-refractivity contribution in [2.45, 2.75) is 25.4 Å². The Labute approximate surface area is 61.4 Å². The lowest BCUT2D eigenvalue weighted by atomic mass is 10.1. The van der Waals surface area contributed by atoms with Crippen LogP contribution in [0.25, 0.3) is 0 Å². The van der Waals surface area contributed by atoms with Crippen LogP contribution >= 0.6 is 0 Å². The number of rotatable bonds is 1. The summed E-state index contributed by atoms with van der Waals surface area (Å²) in [4.78, 5) is 12.8. The summed E-state index contributed by atoms with van der Waals surface area (Å²) in [6.07, 6.45) is 1.59. The van der Waals surface area contributed by atoms with E-state index in [4.69, 9.17) is 0 Å². The van der Waals surface area contributed by atoms with Crippen LogP contribution in [-0.4, -0.2) is 30.6 Å². The summed E-state index contributed by atoms with van der Waals surface area (Å²) in [5, 5.41) is 3.13. The Kier molecular flexibility index (Phi) is 1.68. The van der Waals surface area contributed by atoms with Crippen LogP contribution in [0.1, 0.15) is 19.8 Å². The summed E-state index contributed by atoms with van der Waals surface area (Å²) in [7, 11) is 3.72. The Morgan fingerprint density at radius 1 is 1.70 bits per heavy atom. The summed E-state index contributed by atoms with van der Waals surface area (Å²) in [5.74, 6) is 0.233. The Balaban J connectivity index is 2.73. The first kappa shape index (κ1) is 7.54. The minimum atomic E-state index is -0.100. The normalized spacial score (nSPS) is 33.5. The molecule has 3 nitrogen and oxygen atoms in total. The van der Waals surface area contributed by atoms with Gasteiger partial charge < -0.3 is 4.90 Å². The molecule has 0 aliphatic carbocycles. The van der Waals surface area contributed by atoms with Gasteiger partial charge in [-0.25, -0.2) is 0 Å². The van der Waals surface area contributed by atoms with Gasteiger partial charge >= 0.3 is 0 Å². The van der Waals surface area contributed by atoms with Gasteiger partial charge in [-0.2, -0.15) is 0 Å². The molecular weight excluding hydrogens is 128 g/mol. The largest absolute Gasteiger partial charge is 0.328 e. The molecule has 1 saturated heterocycles. The van der Waals surface area contributed by atoms with E-state index in [0.717, 1.165) is 6.42 Å². The maximum Gasteiger partial charge on any atom is 0.223 e. The average Bonchev–Trinajstić information content (AvgIpc) is 2.19. The molecule has 0 bridgehead atoms. The van der Waals surface area contributed by atoms with Crippen LogP contribution in [0.3, 0.4) is 0 Å². The van der Waals surface area contributed by atoms with Crippen molar-refractivity contribution < 1.29 is 4.79 Å². The van der Waals surface area contributed by atoms with Crippen molar-refractivity contribution >= 4 is 5.91 Å². The quantitative estimate of drug-likeness (QED) is 0.566. The van der Waals surface area contributed by atoms with E-state index >= 15 is 0 Å². The van der Waals surface area contributed by atoms with Crippen molar-refractivity contribution in [3.63, 3.8) is 0 Å². The minimum absolute atomic E-state index is 0.100. The second-order valence-electron chi connectivity index (χ2n) is 2.98. The molecule has 1 aliphatic rings. The molecule has 0 aromatic heterocycles. The molecule has 0 aromatic rings. The summed E-state index contributed by atoms with van der Waals surface area (Å²) < 4.78 is 0. The van der Waals surface area contributed by atoms with Gasteiger partial charge in [-0.05, 0) is 20.4 Å². The molecule has 1 N–H and O–H groups in total. The number of carbonyl (C=O) groups excluding carboxylic acids is 1. The number of nitrogens with zero attached hydrogens (tertiary/aromatic N) is 1. The van der Waals surface area contributed by atoms with Crippen molar-refractivity contribution in [3.05, 3.63) is 0 Å². The van der Waals surface area contributed by atoms with E-state index in [0.29, 0.717) is 6.42 Å². The van der Waals surface area contributed by atoms with Crippen LogP contribution in [0.2, 0.25) is 0 Å². The molecule has 1 heterocycles. The number of amides is 1. The van der Waals surface area contributed by atoms with E-state index in [9.17, 15) is 4.79 Å². The molecule has 3 heteroatoms. The van der Waals surface area contributed by atoms with Crippen molar-refractivity contribution in [1.29, 1.82) is 0 Å². The molecule has 1 fully saturated rings. The zero-order valence-corrected chi connectivity index (χ0v) is 6.77. The van der Waals surface area contributed by atoms with Gasteiger partial charge in [-0.1, -0.05) is 0 Å². The van der Waals surface area contributed by atoms with Gasteiger partial charge in [-0.3, -0.25) is 10.1 Å². The minimum Gasteiger partial charge on any atom is -0.328 e. The van der Waals surface area contributed by atoms with Crippen molar-refractivity contribution in [2.24, 2.45) is 0 Å². The Morgan fingerprint density at radius 2 is 2.30 bits per heavy atom. The molecule has 1 aliphatic heterocycles. The molecule has 0 saturated carbocycles. The van der Waals surface area contributed by atoms with Gasteiger partial charge in [0.05, 0.1) is 5.66 Å². The molecule has 1 atom stereocenters. The number of likely N-dealkylation sites (tertiary alicyclic amines) is 1. The van der Waals surface area contributed by atoms with E-state index in [1.807, 2.05) is 21.0 Å². The summed E-state index contributed by atoms with van der Waals surface area (Å²) in [6.45, 7) is 2.04. The first-order chi connectivity index (χ1) is 4.60.